The van der Waals surface area contributed by atoms with Crippen LogP contribution in [0.4, 0.5) is 0 Å². The monoisotopic (exact) mass is 307 g/mol. The molecule has 6 heteroatoms. The highest BCUT2D eigenvalue weighted by atomic mass is 16.5. The van der Waals surface area contributed by atoms with Crippen molar-refractivity contribution in [1.29, 1.82) is 0 Å². The van der Waals surface area contributed by atoms with Gasteiger partial charge in [0.15, 0.2) is 0 Å². The third-order valence-electron chi connectivity index (χ3n) is 3.99. The number of pyridine rings is 1. The lowest BCUT2D eigenvalue weighted by Gasteiger charge is -2.39. The second kappa shape index (κ2) is 7.07. The Morgan fingerprint density at radius 2 is 2.27 bits per heavy atom. The molecule has 1 saturated heterocycles. The molecule has 1 aliphatic heterocycles. The first-order valence-corrected chi connectivity index (χ1v) is 7.57. The van der Waals surface area contributed by atoms with Crippen LogP contribution in [0.5, 0.6) is 5.88 Å². The van der Waals surface area contributed by atoms with Gasteiger partial charge in [0.1, 0.15) is 0 Å². The number of rotatable bonds is 5. The van der Waals surface area contributed by atoms with Gasteiger partial charge in [-0.05, 0) is 25.5 Å². The van der Waals surface area contributed by atoms with Gasteiger partial charge in [0, 0.05) is 33.3 Å². The van der Waals surface area contributed by atoms with Gasteiger partial charge in [-0.2, -0.15) is 0 Å². The van der Waals surface area contributed by atoms with E-state index in [0.29, 0.717) is 25.4 Å². The molecule has 1 aliphatic rings. The maximum Gasteiger partial charge on any atom is 0.224 e. The normalized spacial score (nSPS) is 22.4. The predicted octanol–water partition coefficient (Wildman–Crippen LogP) is 0.895. The van der Waals surface area contributed by atoms with E-state index in [1.165, 1.54) is 4.90 Å². The SMILES string of the molecule is COc1cccc(CN2CCCC(O)(CC(=O)N(C)C)C2)n1. The number of amides is 1. The molecule has 1 aromatic rings. The molecule has 0 bridgehead atoms. The lowest BCUT2D eigenvalue weighted by atomic mass is 9.89. The Hall–Kier alpha value is -1.66. The summed E-state index contributed by atoms with van der Waals surface area (Å²) in [6, 6.07) is 5.67. The summed E-state index contributed by atoms with van der Waals surface area (Å²) in [6.45, 7) is 2.04. The van der Waals surface area contributed by atoms with E-state index in [1.807, 2.05) is 18.2 Å². The van der Waals surface area contributed by atoms with E-state index in [0.717, 1.165) is 18.7 Å². The first-order chi connectivity index (χ1) is 10.4. The van der Waals surface area contributed by atoms with Crippen molar-refractivity contribution in [3.63, 3.8) is 0 Å². The molecule has 1 amide bonds. The number of likely N-dealkylation sites (tertiary alicyclic amines) is 1. The highest BCUT2D eigenvalue weighted by Crippen LogP contribution is 2.26. The first-order valence-electron chi connectivity index (χ1n) is 7.57. The summed E-state index contributed by atoms with van der Waals surface area (Å²) in [6.07, 6.45) is 1.71. The molecular weight excluding hydrogens is 282 g/mol. The topological polar surface area (TPSA) is 65.9 Å². The van der Waals surface area contributed by atoms with E-state index in [-0.39, 0.29) is 12.3 Å². The second-order valence-corrected chi connectivity index (χ2v) is 6.17. The number of ether oxygens (including phenoxy) is 1. The molecule has 0 saturated carbocycles. The molecule has 1 atom stereocenters. The van der Waals surface area contributed by atoms with Crippen LogP contribution in [0.1, 0.15) is 25.0 Å². The third kappa shape index (κ3) is 4.42. The van der Waals surface area contributed by atoms with E-state index < -0.39 is 5.60 Å². The Kier molecular flexibility index (Phi) is 5.37. The zero-order chi connectivity index (χ0) is 16.2. The van der Waals surface area contributed by atoms with Gasteiger partial charge in [-0.25, -0.2) is 4.98 Å². The maximum atomic E-state index is 11.9. The number of carbonyl (C=O) groups is 1. The largest absolute Gasteiger partial charge is 0.481 e. The number of piperidine rings is 1. The Morgan fingerprint density at radius 1 is 1.50 bits per heavy atom. The van der Waals surface area contributed by atoms with Gasteiger partial charge in [-0.3, -0.25) is 9.69 Å². The van der Waals surface area contributed by atoms with Crippen LogP contribution in [0.3, 0.4) is 0 Å². The molecule has 1 aromatic heterocycles. The van der Waals surface area contributed by atoms with Crippen LogP contribution < -0.4 is 4.74 Å². The molecule has 1 fully saturated rings. The molecule has 2 heterocycles. The molecule has 0 radical (unpaired) electrons. The molecule has 6 nitrogen and oxygen atoms in total. The number of hydrogen-bond acceptors (Lipinski definition) is 5. The van der Waals surface area contributed by atoms with E-state index in [9.17, 15) is 9.90 Å². The molecule has 0 spiro atoms. The lowest BCUT2D eigenvalue weighted by molar-refractivity contribution is -0.136. The van der Waals surface area contributed by atoms with Gasteiger partial charge >= 0.3 is 0 Å². The van der Waals surface area contributed by atoms with Gasteiger partial charge in [-0.15, -0.1) is 0 Å². The summed E-state index contributed by atoms with van der Waals surface area (Å²) in [5.41, 5.74) is -0.0408. The number of aromatic nitrogens is 1. The standard InChI is InChI=1S/C16H25N3O3/c1-18(2)15(20)10-16(21)8-5-9-19(12-16)11-13-6-4-7-14(17-13)22-3/h4,6-7,21H,5,8-12H2,1-3H3. The van der Waals surface area contributed by atoms with Crippen molar-refractivity contribution < 1.29 is 14.6 Å². The summed E-state index contributed by atoms with van der Waals surface area (Å²) in [4.78, 5) is 20.0. The third-order valence-corrected chi connectivity index (χ3v) is 3.99. The molecule has 1 unspecified atom stereocenters. The van der Waals surface area contributed by atoms with E-state index in [4.69, 9.17) is 4.74 Å². The fourth-order valence-corrected chi connectivity index (χ4v) is 2.81. The molecule has 2 rings (SSSR count). The average molecular weight is 307 g/mol. The summed E-state index contributed by atoms with van der Waals surface area (Å²) in [7, 11) is 5.03. The fourth-order valence-electron chi connectivity index (χ4n) is 2.81. The Balaban J connectivity index is 1.99. The van der Waals surface area contributed by atoms with Crippen molar-refractivity contribution in [1.82, 2.24) is 14.8 Å². The molecule has 122 valence electrons. The van der Waals surface area contributed by atoms with Crippen molar-refractivity contribution in [2.24, 2.45) is 0 Å². The van der Waals surface area contributed by atoms with Crippen molar-refractivity contribution >= 4 is 5.91 Å². The Bertz CT molecular complexity index is 521. The number of carbonyl (C=O) groups excluding carboxylic acids is 1. The summed E-state index contributed by atoms with van der Waals surface area (Å²) < 4.78 is 5.13. The average Bonchev–Trinajstić information content (AvgIpc) is 2.47. The minimum atomic E-state index is -0.946. The van der Waals surface area contributed by atoms with Crippen molar-refractivity contribution in [3.8, 4) is 5.88 Å². The highest BCUT2D eigenvalue weighted by molar-refractivity contribution is 5.76. The molecule has 22 heavy (non-hydrogen) atoms. The number of hydrogen-bond donors (Lipinski definition) is 1. The van der Waals surface area contributed by atoms with Crippen LogP contribution in [0.2, 0.25) is 0 Å². The number of aliphatic hydroxyl groups is 1. The Labute approximate surface area is 131 Å². The van der Waals surface area contributed by atoms with Gasteiger partial charge in [0.05, 0.1) is 24.8 Å². The van der Waals surface area contributed by atoms with Crippen LogP contribution in [-0.4, -0.2) is 65.7 Å². The molecule has 1 N–H and O–H groups in total. The van der Waals surface area contributed by atoms with Crippen LogP contribution in [0.25, 0.3) is 0 Å². The van der Waals surface area contributed by atoms with E-state index >= 15 is 0 Å². The highest BCUT2D eigenvalue weighted by Gasteiger charge is 2.35. The van der Waals surface area contributed by atoms with Gasteiger partial charge < -0.3 is 14.7 Å². The quantitative estimate of drug-likeness (QED) is 0.875. The van der Waals surface area contributed by atoms with E-state index in [2.05, 4.69) is 9.88 Å². The van der Waals surface area contributed by atoms with Gasteiger partial charge in [0.25, 0.3) is 0 Å². The number of nitrogens with zero attached hydrogens (tertiary/aromatic N) is 3. The fraction of sp³-hybridized carbons (Fsp3) is 0.625. The number of methoxy groups -OCH3 is 1. The van der Waals surface area contributed by atoms with Crippen molar-refractivity contribution in [2.75, 3.05) is 34.3 Å². The van der Waals surface area contributed by atoms with Crippen LogP contribution in [-0.2, 0) is 11.3 Å². The zero-order valence-electron chi connectivity index (χ0n) is 13.6. The summed E-state index contributed by atoms with van der Waals surface area (Å²) in [5, 5.41) is 10.7. The van der Waals surface area contributed by atoms with Crippen molar-refractivity contribution in [3.05, 3.63) is 23.9 Å². The summed E-state index contributed by atoms with van der Waals surface area (Å²) >= 11 is 0. The predicted molar refractivity (Wildman–Crippen MR) is 83.6 cm³/mol. The summed E-state index contributed by atoms with van der Waals surface area (Å²) in [5.74, 6) is 0.552. The molecular formula is C16H25N3O3. The second-order valence-electron chi connectivity index (χ2n) is 6.17. The smallest absolute Gasteiger partial charge is 0.224 e. The maximum absolute atomic E-state index is 11.9. The van der Waals surface area contributed by atoms with Gasteiger partial charge in [-0.1, -0.05) is 6.07 Å². The van der Waals surface area contributed by atoms with Crippen LogP contribution in [0, 0.1) is 0 Å². The minimum absolute atomic E-state index is 0.0381. The lowest BCUT2D eigenvalue weighted by Crippen LogP contribution is -2.50. The molecule has 0 aliphatic carbocycles. The van der Waals surface area contributed by atoms with Crippen LogP contribution >= 0.6 is 0 Å². The minimum Gasteiger partial charge on any atom is -0.481 e. The van der Waals surface area contributed by atoms with Gasteiger partial charge in [0.2, 0.25) is 11.8 Å². The van der Waals surface area contributed by atoms with Crippen LogP contribution in [0.15, 0.2) is 18.2 Å². The number of β-amino-alcohol motifs (C(OH)–C–C–N with tert-alkyl or cyclic N) is 1. The van der Waals surface area contributed by atoms with E-state index in [1.54, 1.807) is 21.2 Å². The zero-order valence-corrected chi connectivity index (χ0v) is 13.6. The van der Waals surface area contributed by atoms with Crippen molar-refractivity contribution in [2.45, 2.75) is 31.4 Å². The first kappa shape index (κ1) is 16.7. The molecule has 0 aromatic carbocycles. The Morgan fingerprint density at radius 3 is 2.95 bits per heavy atom.